The van der Waals surface area contributed by atoms with Crippen molar-refractivity contribution in [3.8, 4) is 0 Å². The van der Waals surface area contributed by atoms with Gasteiger partial charge in [0.15, 0.2) is 0 Å². The Morgan fingerprint density at radius 3 is 2.40 bits per heavy atom. The monoisotopic (exact) mass is 180 g/mol. The van der Waals surface area contributed by atoms with Gasteiger partial charge in [-0.25, -0.2) is 0 Å². The maximum atomic E-state index is 4.82. The number of rotatable bonds is 2. The first-order valence-electron chi connectivity index (χ1n) is 1.73. The fraction of sp³-hybridized carbons (Fsp3) is 1.00. The quantitative estimate of drug-likeness (QED) is 0.551. The van der Waals surface area contributed by atoms with Gasteiger partial charge in [-0.3, -0.25) is 0 Å². The Morgan fingerprint density at radius 2 is 2.40 bits per heavy atom. The van der Waals surface area contributed by atoms with E-state index in [1.807, 2.05) is 0 Å². The third-order valence-corrected chi connectivity index (χ3v) is 0.995. The zero-order valence-corrected chi connectivity index (χ0v) is 6.70. The fourth-order valence-corrected chi connectivity index (χ4v) is 0.791. The topological polar surface area (TPSA) is 9.23 Å². The van der Waals surface area contributed by atoms with E-state index in [4.69, 9.17) is 3.07 Å². The molecule has 5 heavy (non-hydrogen) atoms. The molecule has 2 radical (unpaired) electrons. The molecule has 0 spiro atoms. The second-order valence-corrected chi connectivity index (χ2v) is 1.82. The molecule has 0 saturated carbocycles. The summed E-state index contributed by atoms with van der Waals surface area (Å²) in [5.41, 5.74) is 0. The Bertz CT molecular complexity index is 14.4. The summed E-state index contributed by atoms with van der Waals surface area (Å²) in [6, 6.07) is 0. The molecular formula is C3H8OSn. The van der Waals surface area contributed by atoms with Crippen molar-refractivity contribution in [1.82, 2.24) is 0 Å². The summed E-state index contributed by atoms with van der Waals surface area (Å²) >= 11 is 0.951. The average Bonchev–Trinajstić information content (AvgIpc) is 1.41. The molecule has 0 amide bonds. The van der Waals surface area contributed by atoms with Crippen molar-refractivity contribution >= 4 is 22.9 Å². The molecule has 0 aliphatic heterocycles. The summed E-state index contributed by atoms with van der Waals surface area (Å²) in [4.78, 5) is 0. The van der Waals surface area contributed by atoms with E-state index in [-0.39, 0.29) is 0 Å². The summed E-state index contributed by atoms with van der Waals surface area (Å²) in [5.74, 6) is 0. The molecule has 0 saturated heterocycles. The maximum absolute atomic E-state index is 4.82. The minimum absolute atomic E-state index is 0.947. The molecule has 0 aromatic rings. The third kappa shape index (κ3) is 4.76. The van der Waals surface area contributed by atoms with E-state index in [0.29, 0.717) is 0 Å². The van der Waals surface area contributed by atoms with E-state index in [1.165, 1.54) is 0 Å². The van der Waals surface area contributed by atoms with E-state index >= 15 is 0 Å². The van der Waals surface area contributed by atoms with Crippen molar-refractivity contribution in [1.29, 1.82) is 0 Å². The molecule has 1 nitrogen and oxygen atoms in total. The van der Waals surface area contributed by atoms with Crippen molar-refractivity contribution in [3.63, 3.8) is 0 Å². The van der Waals surface area contributed by atoms with Gasteiger partial charge in [0.25, 0.3) is 0 Å². The first-order valence-corrected chi connectivity index (χ1v) is 3.08. The van der Waals surface area contributed by atoms with Gasteiger partial charge in [0.2, 0.25) is 0 Å². The van der Waals surface area contributed by atoms with Crippen LogP contribution < -0.4 is 0 Å². The Kier molecular flexibility index (Phi) is 5.48. The average molecular weight is 179 g/mol. The van der Waals surface area contributed by atoms with Crippen molar-refractivity contribution < 1.29 is 3.07 Å². The second kappa shape index (κ2) is 4.76. The molecule has 0 unspecified atom stereocenters. The molecule has 0 bridgehead atoms. The molecule has 0 aliphatic rings. The Labute approximate surface area is 46.3 Å². The summed E-state index contributed by atoms with van der Waals surface area (Å²) < 4.78 is 4.82. The molecule has 0 rings (SSSR count). The molecule has 0 aromatic carbocycles. The van der Waals surface area contributed by atoms with Crippen molar-refractivity contribution in [3.05, 3.63) is 0 Å². The first-order chi connectivity index (χ1) is 2.41. The fourth-order valence-electron chi connectivity index (χ4n) is 0.118. The van der Waals surface area contributed by atoms with Gasteiger partial charge >= 0.3 is 46.0 Å². The van der Waals surface area contributed by atoms with Crippen molar-refractivity contribution in [2.75, 3.05) is 6.61 Å². The number of hydrogen-bond donors (Lipinski definition) is 0. The van der Waals surface area contributed by atoms with Crippen LogP contribution in [0.1, 0.15) is 13.3 Å². The molecule has 0 aromatic heterocycles. The van der Waals surface area contributed by atoms with E-state index in [2.05, 4.69) is 6.92 Å². The van der Waals surface area contributed by atoms with Gasteiger partial charge in [0.05, 0.1) is 0 Å². The van der Waals surface area contributed by atoms with E-state index in [0.717, 1.165) is 36.0 Å². The third-order valence-electron chi connectivity index (χ3n) is 0.322. The van der Waals surface area contributed by atoms with Gasteiger partial charge < -0.3 is 0 Å². The van der Waals surface area contributed by atoms with E-state index in [1.54, 1.807) is 0 Å². The molecule has 0 heterocycles. The van der Waals surface area contributed by atoms with Gasteiger partial charge in [-0.05, 0) is 0 Å². The Balaban J connectivity index is 2.19. The van der Waals surface area contributed by atoms with Crippen LogP contribution in [-0.4, -0.2) is 29.5 Å². The summed E-state index contributed by atoms with van der Waals surface area (Å²) in [7, 11) is 0. The van der Waals surface area contributed by atoms with E-state index < -0.39 is 0 Å². The first kappa shape index (κ1) is 5.76. The predicted octanol–water partition coefficient (Wildman–Crippen LogP) is 0.229. The molecule has 2 heteroatoms. The second-order valence-electron chi connectivity index (χ2n) is 0.871. The van der Waals surface area contributed by atoms with Crippen LogP contribution in [0, 0.1) is 0 Å². The van der Waals surface area contributed by atoms with Crippen LogP contribution in [0.5, 0.6) is 0 Å². The van der Waals surface area contributed by atoms with Crippen LogP contribution in [0.15, 0.2) is 0 Å². The summed E-state index contributed by atoms with van der Waals surface area (Å²) in [6.07, 6.45) is 1.15. The normalized spacial score (nSPS) is 8.40. The SMILES string of the molecule is CCC[O][SnH]. The van der Waals surface area contributed by atoms with Crippen molar-refractivity contribution in [2.24, 2.45) is 0 Å². The molecule has 0 N–H and O–H groups in total. The Hall–Kier alpha value is 0.759. The Morgan fingerprint density at radius 1 is 1.80 bits per heavy atom. The van der Waals surface area contributed by atoms with Crippen LogP contribution in [0.3, 0.4) is 0 Å². The molecule has 30 valence electrons. The van der Waals surface area contributed by atoms with Crippen LogP contribution >= 0.6 is 0 Å². The predicted molar refractivity (Wildman–Crippen MR) is 23.4 cm³/mol. The van der Waals surface area contributed by atoms with Crippen LogP contribution in [0.2, 0.25) is 0 Å². The standard InChI is InChI=1S/C3H7O.Sn.H/c1-2-3-4;;/h2-3H2,1H3;;/q-1;+1;. The molecule has 0 fully saturated rings. The van der Waals surface area contributed by atoms with Crippen LogP contribution in [-0.2, 0) is 3.07 Å². The van der Waals surface area contributed by atoms with Gasteiger partial charge in [-0.15, -0.1) is 0 Å². The zero-order valence-electron chi connectivity index (χ0n) is 3.40. The van der Waals surface area contributed by atoms with Crippen LogP contribution in [0.25, 0.3) is 0 Å². The van der Waals surface area contributed by atoms with Crippen LogP contribution in [0.4, 0.5) is 0 Å². The molecular weight excluding hydrogens is 171 g/mol. The minimum atomic E-state index is 0.947. The van der Waals surface area contributed by atoms with Gasteiger partial charge in [0, 0.05) is 0 Å². The van der Waals surface area contributed by atoms with E-state index in [9.17, 15) is 0 Å². The van der Waals surface area contributed by atoms with Crippen molar-refractivity contribution in [2.45, 2.75) is 13.3 Å². The summed E-state index contributed by atoms with van der Waals surface area (Å²) in [6.45, 7) is 3.05. The number of hydrogen-bond acceptors (Lipinski definition) is 1. The molecule has 0 aliphatic carbocycles. The van der Waals surface area contributed by atoms with Gasteiger partial charge in [-0.1, -0.05) is 0 Å². The van der Waals surface area contributed by atoms with Gasteiger partial charge in [-0.2, -0.15) is 0 Å². The summed E-state index contributed by atoms with van der Waals surface area (Å²) in [5, 5.41) is 0. The zero-order chi connectivity index (χ0) is 4.12. The molecule has 0 atom stereocenters. The van der Waals surface area contributed by atoms with Gasteiger partial charge in [0.1, 0.15) is 0 Å².